The van der Waals surface area contributed by atoms with E-state index in [9.17, 15) is 4.79 Å². The molecule has 0 atom stereocenters. The van der Waals surface area contributed by atoms with Crippen molar-refractivity contribution in [1.82, 2.24) is 14.8 Å². The fourth-order valence-electron chi connectivity index (χ4n) is 3.07. The summed E-state index contributed by atoms with van der Waals surface area (Å²) < 4.78 is 1.84. The van der Waals surface area contributed by atoms with Crippen molar-refractivity contribution in [2.24, 2.45) is 0 Å². The van der Waals surface area contributed by atoms with E-state index in [2.05, 4.69) is 15.4 Å². The molecule has 2 aromatic heterocycles. The lowest BCUT2D eigenvalue weighted by molar-refractivity contribution is 0.102. The Morgan fingerprint density at radius 2 is 1.85 bits per heavy atom. The topological polar surface area (TPSA) is 59.8 Å². The summed E-state index contributed by atoms with van der Waals surface area (Å²) in [6.07, 6.45) is 0. The SMILES string of the molecule is Cc1cc(C)n(-c2cccc(NC(=O)c3cc4ccccc4c(Cl)n3)c2)n1. The molecule has 2 aromatic carbocycles. The Balaban J connectivity index is 1.64. The monoisotopic (exact) mass is 376 g/mol. The van der Waals surface area contributed by atoms with Crippen LogP contribution in [0.15, 0.2) is 60.7 Å². The number of carbonyl (C=O) groups excluding carboxylic acids is 1. The van der Waals surface area contributed by atoms with Gasteiger partial charge in [0.1, 0.15) is 10.8 Å². The molecule has 0 aliphatic rings. The fraction of sp³-hybridized carbons (Fsp3) is 0.0952. The third kappa shape index (κ3) is 3.41. The van der Waals surface area contributed by atoms with Crippen LogP contribution in [0.3, 0.4) is 0 Å². The van der Waals surface area contributed by atoms with E-state index in [1.165, 1.54) is 0 Å². The van der Waals surface area contributed by atoms with Crippen LogP contribution in [0.5, 0.6) is 0 Å². The molecule has 0 radical (unpaired) electrons. The second-order valence-electron chi connectivity index (χ2n) is 6.36. The summed E-state index contributed by atoms with van der Waals surface area (Å²) in [6, 6.07) is 18.8. The van der Waals surface area contributed by atoms with E-state index in [4.69, 9.17) is 11.6 Å². The van der Waals surface area contributed by atoms with Gasteiger partial charge in [0.05, 0.1) is 11.4 Å². The molecule has 27 heavy (non-hydrogen) atoms. The molecule has 5 nitrogen and oxygen atoms in total. The molecule has 2 heterocycles. The van der Waals surface area contributed by atoms with E-state index >= 15 is 0 Å². The Kier molecular flexibility index (Phi) is 4.38. The number of pyridine rings is 1. The van der Waals surface area contributed by atoms with E-state index < -0.39 is 0 Å². The van der Waals surface area contributed by atoms with E-state index in [1.807, 2.05) is 73.1 Å². The van der Waals surface area contributed by atoms with E-state index in [-0.39, 0.29) is 11.6 Å². The van der Waals surface area contributed by atoms with Crippen molar-refractivity contribution in [2.75, 3.05) is 5.32 Å². The van der Waals surface area contributed by atoms with Gasteiger partial charge < -0.3 is 5.32 Å². The first kappa shape index (κ1) is 17.2. The molecule has 6 heteroatoms. The quantitative estimate of drug-likeness (QED) is 0.515. The fourth-order valence-corrected chi connectivity index (χ4v) is 3.34. The Morgan fingerprint density at radius 1 is 1.04 bits per heavy atom. The number of carbonyl (C=O) groups is 1. The maximum absolute atomic E-state index is 12.7. The summed E-state index contributed by atoms with van der Waals surface area (Å²) in [5, 5.41) is 9.37. The second kappa shape index (κ2) is 6.85. The molecule has 4 aromatic rings. The van der Waals surface area contributed by atoms with Crippen molar-refractivity contribution in [2.45, 2.75) is 13.8 Å². The zero-order chi connectivity index (χ0) is 19.0. The van der Waals surface area contributed by atoms with Crippen molar-refractivity contribution < 1.29 is 4.79 Å². The van der Waals surface area contributed by atoms with Crippen LogP contribution < -0.4 is 5.32 Å². The number of rotatable bonds is 3. The van der Waals surface area contributed by atoms with Crippen LogP contribution >= 0.6 is 11.6 Å². The first-order chi connectivity index (χ1) is 13.0. The largest absolute Gasteiger partial charge is 0.321 e. The van der Waals surface area contributed by atoms with Crippen LogP contribution in [0.25, 0.3) is 16.5 Å². The number of hydrogen-bond donors (Lipinski definition) is 1. The Labute approximate surface area is 161 Å². The van der Waals surface area contributed by atoms with Gasteiger partial charge in [-0.05, 0) is 49.6 Å². The van der Waals surface area contributed by atoms with Crippen LogP contribution in [-0.4, -0.2) is 20.7 Å². The van der Waals surface area contributed by atoms with Crippen molar-refractivity contribution in [1.29, 1.82) is 0 Å². The van der Waals surface area contributed by atoms with Gasteiger partial charge in [-0.25, -0.2) is 9.67 Å². The predicted molar refractivity (Wildman–Crippen MR) is 108 cm³/mol. The highest BCUT2D eigenvalue weighted by molar-refractivity contribution is 6.34. The molecule has 134 valence electrons. The van der Waals surface area contributed by atoms with Crippen LogP contribution in [0.1, 0.15) is 21.9 Å². The second-order valence-corrected chi connectivity index (χ2v) is 6.72. The molecule has 0 spiro atoms. The molecule has 4 rings (SSSR count). The number of anilines is 1. The third-order valence-electron chi connectivity index (χ3n) is 4.28. The number of nitrogens with zero attached hydrogens (tertiary/aromatic N) is 3. The Morgan fingerprint density at radius 3 is 2.63 bits per heavy atom. The molecule has 0 unspecified atom stereocenters. The maximum Gasteiger partial charge on any atom is 0.274 e. The average molecular weight is 377 g/mol. The van der Waals surface area contributed by atoms with Gasteiger partial charge in [0.15, 0.2) is 0 Å². The number of fused-ring (bicyclic) bond motifs is 1. The Bertz CT molecular complexity index is 1170. The summed E-state index contributed by atoms with van der Waals surface area (Å²) in [5.41, 5.74) is 3.78. The van der Waals surface area contributed by atoms with Crippen molar-refractivity contribution in [3.05, 3.63) is 82.9 Å². The first-order valence-electron chi connectivity index (χ1n) is 8.51. The normalized spacial score (nSPS) is 10.9. The van der Waals surface area contributed by atoms with Crippen LogP contribution in [0.2, 0.25) is 5.15 Å². The minimum absolute atomic E-state index is 0.273. The number of aryl methyl sites for hydroxylation is 2. The van der Waals surface area contributed by atoms with Gasteiger partial charge in [-0.3, -0.25) is 4.79 Å². The van der Waals surface area contributed by atoms with Gasteiger partial charge in [0.25, 0.3) is 5.91 Å². The zero-order valence-corrected chi connectivity index (χ0v) is 15.7. The number of amides is 1. The Hall–Kier alpha value is -3.18. The van der Waals surface area contributed by atoms with E-state index in [0.717, 1.165) is 27.8 Å². The van der Waals surface area contributed by atoms with Gasteiger partial charge in [-0.2, -0.15) is 5.10 Å². The van der Waals surface area contributed by atoms with E-state index in [0.29, 0.717) is 10.8 Å². The van der Waals surface area contributed by atoms with Crippen molar-refractivity contribution in [3.8, 4) is 5.69 Å². The number of nitrogens with one attached hydrogen (secondary N) is 1. The highest BCUT2D eigenvalue weighted by Crippen LogP contribution is 2.23. The molecular formula is C21H17ClN4O. The highest BCUT2D eigenvalue weighted by Gasteiger charge is 2.12. The third-order valence-corrected chi connectivity index (χ3v) is 4.57. The summed E-state index contributed by atoms with van der Waals surface area (Å²) >= 11 is 6.23. The van der Waals surface area contributed by atoms with Crippen LogP contribution in [-0.2, 0) is 0 Å². The number of halogens is 1. The maximum atomic E-state index is 12.7. The van der Waals surface area contributed by atoms with Gasteiger partial charge in [0, 0.05) is 16.8 Å². The lowest BCUT2D eigenvalue weighted by Gasteiger charge is -2.09. The van der Waals surface area contributed by atoms with Gasteiger partial charge in [0.2, 0.25) is 0 Å². The van der Waals surface area contributed by atoms with E-state index in [1.54, 1.807) is 6.07 Å². The highest BCUT2D eigenvalue weighted by atomic mass is 35.5. The van der Waals surface area contributed by atoms with Gasteiger partial charge >= 0.3 is 0 Å². The molecule has 0 saturated heterocycles. The molecule has 1 N–H and O–H groups in total. The first-order valence-corrected chi connectivity index (χ1v) is 8.89. The molecule has 1 amide bonds. The summed E-state index contributed by atoms with van der Waals surface area (Å²) in [5.74, 6) is -0.312. The lowest BCUT2D eigenvalue weighted by atomic mass is 10.1. The minimum atomic E-state index is -0.312. The molecule has 0 bridgehead atoms. The minimum Gasteiger partial charge on any atom is -0.321 e. The smallest absolute Gasteiger partial charge is 0.274 e. The zero-order valence-electron chi connectivity index (χ0n) is 14.9. The summed E-state index contributed by atoms with van der Waals surface area (Å²) in [7, 11) is 0. The summed E-state index contributed by atoms with van der Waals surface area (Å²) in [4.78, 5) is 16.9. The molecule has 0 fully saturated rings. The van der Waals surface area contributed by atoms with Crippen molar-refractivity contribution >= 4 is 34.0 Å². The van der Waals surface area contributed by atoms with Gasteiger partial charge in [-0.15, -0.1) is 0 Å². The molecule has 0 saturated carbocycles. The van der Waals surface area contributed by atoms with Crippen molar-refractivity contribution in [3.63, 3.8) is 0 Å². The average Bonchev–Trinajstić information content (AvgIpc) is 3.00. The standard InChI is InChI=1S/C21H17ClN4O/c1-13-10-14(2)26(25-13)17-8-5-7-16(12-17)23-21(27)19-11-15-6-3-4-9-18(15)20(22)24-19/h3-12H,1-2H3,(H,23,27). The number of benzene rings is 2. The van der Waals surface area contributed by atoms with Crippen LogP contribution in [0, 0.1) is 13.8 Å². The predicted octanol–water partition coefficient (Wildman–Crippen LogP) is 4.94. The number of aromatic nitrogens is 3. The summed E-state index contributed by atoms with van der Waals surface area (Å²) in [6.45, 7) is 3.94. The molecule has 0 aliphatic carbocycles. The van der Waals surface area contributed by atoms with Crippen LogP contribution in [0.4, 0.5) is 5.69 Å². The number of hydrogen-bond acceptors (Lipinski definition) is 3. The van der Waals surface area contributed by atoms with Gasteiger partial charge in [-0.1, -0.05) is 41.9 Å². The molecule has 0 aliphatic heterocycles. The molecular weight excluding hydrogens is 360 g/mol. The lowest BCUT2D eigenvalue weighted by Crippen LogP contribution is -2.14.